The van der Waals surface area contributed by atoms with E-state index >= 15 is 0 Å². The minimum atomic E-state index is -0.0955. The lowest BCUT2D eigenvalue weighted by Gasteiger charge is -2.56. The SMILES string of the molecule is COC1CCC(C(C)(C2CCC(OC(C)=O)CC2)C2CCC(N(C3CCC(C)CC3)C3CCC(C4CCCCC4)CC3)CC2)CC1. The zero-order chi connectivity index (χ0) is 32.1. The summed E-state index contributed by atoms with van der Waals surface area (Å²) in [5, 5.41) is 0. The Morgan fingerprint density at radius 1 is 0.543 bits per heavy atom. The number of carbonyl (C=O) groups excluding carboxylic acids is 1. The van der Waals surface area contributed by atoms with Gasteiger partial charge in [0.2, 0.25) is 0 Å². The van der Waals surface area contributed by atoms with E-state index in [9.17, 15) is 4.79 Å². The first-order chi connectivity index (χ1) is 22.3. The fourth-order valence-electron chi connectivity index (χ4n) is 12.9. The molecule has 0 aromatic rings. The number of carbonyl (C=O) groups is 1. The largest absolute Gasteiger partial charge is 0.463 e. The first kappa shape index (κ1) is 35.2. The van der Waals surface area contributed by atoms with Crippen LogP contribution in [-0.2, 0) is 14.3 Å². The molecule has 4 nitrogen and oxygen atoms in total. The van der Waals surface area contributed by atoms with Crippen LogP contribution in [0.2, 0.25) is 0 Å². The van der Waals surface area contributed by atoms with Crippen LogP contribution in [-0.4, -0.2) is 48.3 Å². The van der Waals surface area contributed by atoms with E-state index < -0.39 is 0 Å². The summed E-state index contributed by atoms with van der Waals surface area (Å²) >= 11 is 0. The van der Waals surface area contributed by atoms with Gasteiger partial charge in [-0.05, 0) is 169 Å². The van der Waals surface area contributed by atoms with Crippen LogP contribution in [0.15, 0.2) is 0 Å². The molecule has 6 aliphatic rings. The van der Waals surface area contributed by atoms with E-state index in [1.165, 1.54) is 148 Å². The molecule has 0 amide bonds. The van der Waals surface area contributed by atoms with Crippen molar-refractivity contribution in [2.75, 3.05) is 7.11 Å². The van der Waals surface area contributed by atoms with E-state index in [-0.39, 0.29) is 12.1 Å². The molecule has 1 atom stereocenters. The van der Waals surface area contributed by atoms with Gasteiger partial charge in [0, 0.05) is 32.2 Å². The fourth-order valence-corrected chi connectivity index (χ4v) is 12.9. The van der Waals surface area contributed by atoms with Gasteiger partial charge < -0.3 is 9.47 Å². The average molecular weight is 640 g/mol. The molecule has 1 unspecified atom stereocenters. The Kier molecular flexibility index (Phi) is 12.6. The molecular formula is C42H73NO3. The van der Waals surface area contributed by atoms with E-state index in [2.05, 4.69) is 18.7 Å². The van der Waals surface area contributed by atoms with Crippen molar-refractivity contribution >= 4 is 5.97 Å². The molecule has 0 aliphatic heterocycles. The average Bonchev–Trinajstić information content (AvgIpc) is 3.10. The van der Waals surface area contributed by atoms with Crippen LogP contribution < -0.4 is 0 Å². The van der Waals surface area contributed by atoms with Crippen LogP contribution in [0, 0.1) is 40.9 Å². The van der Waals surface area contributed by atoms with E-state index in [4.69, 9.17) is 9.47 Å². The van der Waals surface area contributed by atoms with Crippen molar-refractivity contribution in [2.45, 2.75) is 212 Å². The molecule has 0 N–H and O–H groups in total. The molecule has 0 radical (unpaired) electrons. The second-order valence-electron chi connectivity index (χ2n) is 18.0. The van der Waals surface area contributed by atoms with Gasteiger partial charge in [-0.2, -0.15) is 0 Å². The van der Waals surface area contributed by atoms with Crippen molar-refractivity contribution in [1.82, 2.24) is 4.90 Å². The molecule has 6 saturated carbocycles. The van der Waals surface area contributed by atoms with Gasteiger partial charge in [-0.15, -0.1) is 0 Å². The number of rotatable bonds is 9. The number of esters is 1. The summed E-state index contributed by atoms with van der Waals surface area (Å²) in [6.07, 6.45) is 35.5. The minimum absolute atomic E-state index is 0.0955. The predicted octanol–water partition coefficient (Wildman–Crippen LogP) is 10.9. The Hall–Kier alpha value is -0.610. The van der Waals surface area contributed by atoms with Crippen molar-refractivity contribution in [3.63, 3.8) is 0 Å². The van der Waals surface area contributed by atoms with Crippen LogP contribution in [0.4, 0.5) is 0 Å². The summed E-state index contributed by atoms with van der Waals surface area (Å²) in [5.41, 5.74) is 0.411. The Balaban J connectivity index is 1.13. The van der Waals surface area contributed by atoms with Crippen molar-refractivity contribution in [1.29, 1.82) is 0 Å². The minimum Gasteiger partial charge on any atom is -0.463 e. The number of hydrogen-bond acceptors (Lipinski definition) is 4. The van der Waals surface area contributed by atoms with Gasteiger partial charge in [-0.25, -0.2) is 0 Å². The Morgan fingerprint density at radius 3 is 1.43 bits per heavy atom. The van der Waals surface area contributed by atoms with Gasteiger partial charge in [0.05, 0.1) is 6.10 Å². The third-order valence-electron chi connectivity index (χ3n) is 15.7. The van der Waals surface area contributed by atoms with Gasteiger partial charge in [0.1, 0.15) is 6.10 Å². The molecule has 4 heteroatoms. The number of ether oxygens (including phenoxy) is 2. The van der Waals surface area contributed by atoms with Gasteiger partial charge in [-0.1, -0.05) is 46.0 Å². The third kappa shape index (κ3) is 8.22. The molecule has 264 valence electrons. The summed E-state index contributed by atoms with van der Waals surface area (Å²) in [7, 11) is 1.92. The molecule has 0 aromatic carbocycles. The van der Waals surface area contributed by atoms with Gasteiger partial charge in [0.15, 0.2) is 0 Å². The van der Waals surface area contributed by atoms with Crippen LogP contribution >= 0.6 is 0 Å². The van der Waals surface area contributed by atoms with Crippen LogP contribution in [0.3, 0.4) is 0 Å². The van der Waals surface area contributed by atoms with E-state index in [0.29, 0.717) is 11.5 Å². The lowest BCUT2D eigenvalue weighted by atomic mass is 9.52. The zero-order valence-corrected chi connectivity index (χ0v) is 30.7. The molecule has 0 heterocycles. The molecular weight excluding hydrogens is 566 g/mol. The quantitative estimate of drug-likeness (QED) is 0.235. The van der Waals surface area contributed by atoms with Crippen molar-refractivity contribution < 1.29 is 14.3 Å². The van der Waals surface area contributed by atoms with Crippen LogP contribution in [0.1, 0.15) is 181 Å². The molecule has 0 bridgehead atoms. The Labute approximate surface area is 284 Å². The van der Waals surface area contributed by atoms with Gasteiger partial charge >= 0.3 is 5.97 Å². The third-order valence-corrected chi connectivity index (χ3v) is 15.7. The monoisotopic (exact) mass is 640 g/mol. The van der Waals surface area contributed by atoms with Crippen LogP contribution in [0.25, 0.3) is 0 Å². The zero-order valence-electron chi connectivity index (χ0n) is 30.7. The van der Waals surface area contributed by atoms with E-state index in [1.54, 1.807) is 6.92 Å². The summed E-state index contributed by atoms with van der Waals surface area (Å²) in [6, 6.07) is 2.52. The predicted molar refractivity (Wildman–Crippen MR) is 190 cm³/mol. The molecule has 46 heavy (non-hydrogen) atoms. The van der Waals surface area contributed by atoms with Gasteiger partial charge in [-0.3, -0.25) is 9.69 Å². The van der Waals surface area contributed by atoms with Gasteiger partial charge in [0.25, 0.3) is 0 Å². The highest BCUT2D eigenvalue weighted by Gasteiger charge is 2.50. The van der Waals surface area contributed by atoms with E-state index in [0.717, 1.165) is 66.5 Å². The molecule has 6 fully saturated rings. The molecule has 6 aliphatic carbocycles. The van der Waals surface area contributed by atoms with Crippen molar-refractivity contribution in [3.8, 4) is 0 Å². The molecule has 0 saturated heterocycles. The maximum atomic E-state index is 11.7. The lowest BCUT2D eigenvalue weighted by molar-refractivity contribution is -0.149. The molecule has 6 rings (SSSR count). The second-order valence-corrected chi connectivity index (χ2v) is 18.0. The Morgan fingerprint density at radius 2 is 0.957 bits per heavy atom. The number of methoxy groups -OCH3 is 1. The van der Waals surface area contributed by atoms with Crippen LogP contribution in [0.5, 0.6) is 0 Å². The fraction of sp³-hybridized carbons (Fsp3) is 0.976. The highest BCUT2D eigenvalue weighted by Crippen LogP contribution is 2.57. The summed E-state index contributed by atoms with van der Waals surface area (Å²) < 4.78 is 11.6. The maximum Gasteiger partial charge on any atom is 0.302 e. The smallest absolute Gasteiger partial charge is 0.302 e. The first-order valence-corrected chi connectivity index (χ1v) is 20.8. The standard InChI is InChI=1S/C42H73NO3/c1-30-10-20-37(21-11-30)43(38-22-12-33(13-23-38)32-8-6-5-7-9-32)39-24-14-34(15-25-39)42(3,35-16-26-40(45-4)27-17-35)36-18-28-41(29-19-36)46-31(2)44/h30,32-41H,5-29H2,1-4H3. The van der Waals surface area contributed by atoms with Crippen molar-refractivity contribution in [2.24, 2.45) is 40.9 Å². The number of hydrogen-bond donors (Lipinski definition) is 0. The van der Waals surface area contributed by atoms with E-state index in [1.807, 2.05) is 7.11 Å². The first-order valence-electron chi connectivity index (χ1n) is 20.8. The molecule has 0 spiro atoms. The van der Waals surface area contributed by atoms with Crippen molar-refractivity contribution in [3.05, 3.63) is 0 Å². The highest BCUT2D eigenvalue weighted by atomic mass is 16.5. The summed E-state index contributed by atoms with van der Waals surface area (Å²) in [6.45, 7) is 6.84. The summed E-state index contributed by atoms with van der Waals surface area (Å²) in [5.74, 6) is 5.36. The lowest BCUT2D eigenvalue weighted by Crippen LogP contribution is -2.54. The normalized spacial score (nSPS) is 41.5. The summed E-state index contributed by atoms with van der Waals surface area (Å²) in [4.78, 5) is 15.0. The maximum absolute atomic E-state index is 11.7. The topological polar surface area (TPSA) is 38.8 Å². The highest BCUT2D eigenvalue weighted by molar-refractivity contribution is 5.66. The Bertz CT molecular complexity index is 907. The number of nitrogens with zero attached hydrogens (tertiary/aromatic N) is 1. The molecule has 0 aromatic heterocycles. The second kappa shape index (κ2) is 16.4.